The van der Waals surface area contributed by atoms with Crippen molar-refractivity contribution in [3.63, 3.8) is 0 Å². The number of nitrogens with zero attached hydrogens (tertiary/aromatic N) is 5. The van der Waals surface area contributed by atoms with Crippen molar-refractivity contribution in [2.75, 3.05) is 25.4 Å². The van der Waals surface area contributed by atoms with Gasteiger partial charge in [-0.25, -0.2) is 9.89 Å². The lowest BCUT2D eigenvalue weighted by molar-refractivity contribution is -0.128. The Morgan fingerprint density at radius 2 is 2.12 bits per heavy atom. The Morgan fingerprint density at radius 3 is 2.72 bits per heavy atom. The van der Waals surface area contributed by atoms with Crippen LogP contribution in [0.5, 0.6) is 0 Å². The summed E-state index contributed by atoms with van der Waals surface area (Å²) in [5.41, 5.74) is -0.323. The molecule has 1 aromatic rings. The molecule has 10 heteroatoms. The standard InChI is InChI=1S/C15H20N6O3S/c16-5-2-7-20(8-3-6-17)13(22)11-25-15-19-18-14(23)21(15)10-12-4-1-9-24-12/h12H,1-4,7-11H2,(H,18,23). The molecule has 25 heavy (non-hydrogen) atoms. The zero-order valence-electron chi connectivity index (χ0n) is 13.8. The maximum atomic E-state index is 12.3. The molecule has 1 fully saturated rings. The van der Waals surface area contributed by atoms with E-state index in [1.807, 2.05) is 12.1 Å². The molecule has 2 heterocycles. The van der Waals surface area contributed by atoms with Gasteiger partial charge in [0, 0.05) is 19.7 Å². The van der Waals surface area contributed by atoms with Crippen molar-refractivity contribution in [3.05, 3.63) is 10.5 Å². The van der Waals surface area contributed by atoms with Gasteiger partial charge in [-0.15, -0.1) is 5.10 Å². The fourth-order valence-corrected chi connectivity index (χ4v) is 3.37. The van der Waals surface area contributed by atoms with E-state index in [4.69, 9.17) is 15.3 Å². The van der Waals surface area contributed by atoms with Crippen molar-refractivity contribution in [1.82, 2.24) is 19.7 Å². The quantitative estimate of drug-likeness (QED) is 0.632. The molecule has 1 saturated heterocycles. The highest BCUT2D eigenvalue weighted by Gasteiger charge is 2.21. The van der Waals surface area contributed by atoms with Crippen LogP contribution in [0.4, 0.5) is 0 Å². The number of nitrogens with one attached hydrogen (secondary N) is 1. The van der Waals surface area contributed by atoms with Crippen LogP contribution in [-0.2, 0) is 16.1 Å². The summed E-state index contributed by atoms with van der Waals surface area (Å²) in [5, 5.41) is 24.2. The molecule has 1 aromatic heterocycles. The van der Waals surface area contributed by atoms with Crippen LogP contribution in [0.2, 0.25) is 0 Å². The average Bonchev–Trinajstić information content (AvgIpc) is 3.24. The predicted octanol–water partition coefficient (Wildman–Crippen LogP) is 0.498. The summed E-state index contributed by atoms with van der Waals surface area (Å²) >= 11 is 1.16. The molecule has 1 amide bonds. The first-order chi connectivity index (χ1) is 12.2. The van der Waals surface area contributed by atoms with E-state index < -0.39 is 0 Å². The smallest absolute Gasteiger partial charge is 0.344 e. The van der Waals surface area contributed by atoms with Crippen LogP contribution >= 0.6 is 11.8 Å². The van der Waals surface area contributed by atoms with Gasteiger partial charge in [0.15, 0.2) is 5.16 Å². The lowest BCUT2D eigenvalue weighted by Crippen LogP contribution is -2.34. The highest BCUT2D eigenvalue weighted by Crippen LogP contribution is 2.18. The molecule has 0 aromatic carbocycles. The zero-order valence-corrected chi connectivity index (χ0v) is 14.6. The first kappa shape index (κ1) is 19.0. The molecule has 0 saturated carbocycles. The van der Waals surface area contributed by atoms with Gasteiger partial charge in [0.1, 0.15) is 0 Å². The van der Waals surface area contributed by atoms with E-state index in [9.17, 15) is 9.59 Å². The number of thioether (sulfide) groups is 1. The molecule has 0 radical (unpaired) electrons. The third-order valence-corrected chi connectivity index (χ3v) is 4.76. The second-order valence-corrected chi connectivity index (χ2v) is 6.49. The highest BCUT2D eigenvalue weighted by atomic mass is 32.2. The summed E-state index contributed by atoms with van der Waals surface area (Å²) in [7, 11) is 0. The molecule has 0 aliphatic carbocycles. The summed E-state index contributed by atoms with van der Waals surface area (Å²) in [6.07, 6.45) is 2.30. The lowest BCUT2D eigenvalue weighted by Gasteiger charge is -2.20. The molecule has 1 unspecified atom stereocenters. The topological polar surface area (TPSA) is 128 Å². The van der Waals surface area contributed by atoms with Crippen molar-refractivity contribution < 1.29 is 9.53 Å². The van der Waals surface area contributed by atoms with E-state index in [-0.39, 0.29) is 36.3 Å². The Labute approximate surface area is 149 Å². The SMILES string of the molecule is N#CCCN(CCC#N)C(=O)CSc1n[nH]c(=O)n1CC1CCCO1. The van der Waals surface area contributed by atoms with Gasteiger partial charge < -0.3 is 9.64 Å². The molecule has 0 spiro atoms. The predicted molar refractivity (Wildman–Crippen MR) is 89.6 cm³/mol. The highest BCUT2D eigenvalue weighted by molar-refractivity contribution is 7.99. The second kappa shape index (κ2) is 9.87. The van der Waals surface area contributed by atoms with Crippen molar-refractivity contribution in [2.45, 2.75) is 43.5 Å². The van der Waals surface area contributed by atoms with Crippen LogP contribution in [0.3, 0.4) is 0 Å². The molecular formula is C15H20N6O3S. The van der Waals surface area contributed by atoms with Gasteiger partial charge in [0.05, 0.1) is 43.4 Å². The van der Waals surface area contributed by atoms with E-state index in [2.05, 4.69) is 10.2 Å². The van der Waals surface area contributed by atoms with Gasteiger partial charge in [0.2, 0.25) is 5.91 Å². The maximum Gasteiger partial charge on any atom is 0.344 e. The van der Waals surface area contributed by atoms with Crippen LogP contribution in [-0.4, -0.2) is 57.1 Å². The molecule has 1 atom stereocenters. The Kier molecular flexibility index (Phi) is 7.51. The summed E-state index contributed by atoms with van der Waals surface area (Å²) in [6.45, 7) is 1.70. The van der Waals surface area contributed by atoms with Crippen LogP contribution in [0.15, 0.2) is 9.95 Å². The molecule has 1 aliphatic heterocycles. The fraction of sp³-hybridized carbons (Fsp3) is 0.667. The summed E-state index contributed by atoms with van der Waals surface area (Å²) in [5.74, 6) is -0.0956. The number of amides is 1. The summed E-state index contributed by atoms with van der Waals surface area (Å²) in [4.78, 5) is 25.7. The summed E-state index contributed by atoms with van der Waals surface area (Å²) in [6, 6.07) is 3.99. The Balaban J connectivity index is 1.94. The Bertz CT molecular complexity index is 692. The largest absolute Gasteiger partial charge is 0.376 e. The number of rotatable bonds is 9. The van der Waals surface area contributed by atoms with E-state index in [0.29, 0.717) is 31.4 Å². The Hall–Kier alpha value is -2.30. The van der Waals surface area contributed by atoms with Crippen LogP contribution in [0.1, 0.15) is 25.7 Å². The monoisotopic (exact) mass is 364 g/mol. The van der Waals surface area contributed by atoms with Gasteiger partial charge in [-0.05, 0) is 12.8 Å². The Morgan fingerprint density at radius 1 is 1.40 bits per heavy atom. The number of carbonyl (C=O) groups excluding carboxylic acids is 1. The van der Waals surface area contributed by atoms with Crippen LogP contribution in [0, 0.1) is 22.7 Å². The van der Waals surface area contributed by atoms with Crippen molar-refractivity contribution in [3.8, 4) is 12.1 Å². The molecule has 9 nitrogen and oxygen atoms in total. The maximum absolute atomic E-state index is 12.3. The number of ether oxygens (including phenoxy) is 1. The van der Waals surface area contributed by atoms with E-state index in [1.165, 1.54) is 9.47 Å². The minimum atomic E-state index is -0.323. The van der Waals surface area contributed by atoms with Crippen LogP contribution in [0.25, 0.3) is 0 Å². The first-order valence-electron chi connectivity index (χ1n) is 8.07. The van der Waals surface area contributed by atoms with Gasteiger partial charge in [0.25, 0.3) is 0 Å². The third kappa shape index (κ3) is 5.62. The number of H-pyrrole nitrogens is 1. The van der Waals surface area contributed by atoms with Crippen molar-refractivity contribution >= 4 is 17.7 Å². The second-order valence-electron chi connectivity index (χ2n) is 5.54. The number of hydrogen-bond acceptors (Lipinski definition) is 7. The number of aromatic amines is 1. The van der Waals surface area contributed by atoms with Gasteiger partial charge in [-0.1, -0.05) is 11.8 Å². The molecule has 1 N–H and O–H groups in total. The van der Waals surface area contributed by atoms with Crippen molar-refractivity contribution in [2.24, 2.45) is 0 Å². The fourth-order valence-electron chi connectivity index (χ4n) is 2.52. The minimum Gasteiger partial charge on any atom is -0.376 e. The lowest BCUT2D eigenvalue weighted by atomic mass is 10.2. The summed E-state index contributed by atoms with van der Waals surface area (Å²) < 4.78 is 7.03. The van der Waals surface area contributed by atoms with E-state index in [0.717, 1.165) is 24.6 Å². The van der Waals surface area contributed by atoms with Crippen LogP contribution < -0.4 is 5.69 Å². The number of carbonyl (C=O) groups is 1. The third-order valence-electron chi connectivity index (χ3n) is 3.80. The number of nitriles is 2. The normalized spacial score (nSPS) is 16.3. The first-order valence-corrected chi connectivity index (χ1v) is 9.05. The van der Waals surface area contributed by atoms with E-state index in [1.54, 1.807) is 0 Å². The number of hydrogen-bond donors (Lipinski definition) is 1. The molecule has 1 aliphatic rings. The van der Waals surface area contributed by atoms with Gasteiger partial charge >= 0.3 is 5.69 Å². The van der Waals surface area contributed by atoms with Crippen molar-refractivity contribution in [1.29, 1.82) is 10.5 Å². The molecule has 0 bridgehead atoms. The average molecular weight is 364 g/mol. The van der Waals surface area contributed by atoms with Gasteiger partial charge in [-0.3, -0.25) is 9.36 Å². The van der Waals surface area contributed by atoms with E-state index >= 15 is 0 Å². The molecule has 2 rings (SSSR count). The van der Waals surface area contributed by atoms with Gasteiger partial charge in [-0.2, -0.15) is 10.5 Å². The number of aromatic nitrogens is 3. The molecule has 134 valence electrons. The minimum absolute atomic E-state index is 0.00638. The zero-order chi connectivity index (χ0) is 18.1. The molecular weight excluding hydrogens is 344 g/mol.